The first-order valence-electron chi connectivity index (χ1n) is 3.93. The van der Waals surface area contributed by atoms with Crippen LogP contribution in [0.5, 0.6) is 0 Å². The van der Waals surface area contributed by atoms with E-state index in [1.165, 1.54) is 11.5 Å². The summed E-state index contributed by atoms with van der Waals surface area (Å²) in [5.74, 6) is 0. The van der Waals surface area contributed by atoms with Gasteiger partial charge in [-0.2, -0.15) is 0 Å². The van der Waals surface area contributed by atoms with Crippen LogP contribution in [-0.2, 0) is 0 Å². The molecule has 72 valence electrons. The molecule has 1 aromatic carbocycles. The van der Waals surface area contributed by atoms with E-state index in [0.717, 1.165) is 20.5 Å². The molecule has 0 aliphatic rings. The van der Waals surface area contributed by atoms with Crippen LogP contribution < -0.4 is 0 Å². The van der Waals surface area contributed by atoms with Crippen LogP contribution in [0.25, 0.3) is 11.3 Å². The third-order valence-electron chi connectivity index (χ3n) is 1.76. The van der Waals surface area contributed by atoms with Crippen molar-refractivity contribution in [3.05, 3.63) is 29.3 Å². The summed E-state index contributed by atoms with van der Waals surface area (Å²) in [4.78, 5) is 0. The molecule has 0 amide bonds. The fourth-order valence-electron chi connectivity index (χ4n) is 1.10. The van der Waals surface area contributed by atoms with E-state index < -0.39 is 0 Å². The summed E-state index contributed by atoms with van der Waals surface area (Å²) in [5.41, 5.74) is 2.01. The number of benzene rings is 1. The summed E-state index contributed by atoms with van der Waals surface area (Å²) >= 11 is 8.89. The molecule has 0 atom stereocenters. The monoisotopic (exact) mass is 242 g/mol. The number of hydrogen-bond donors (Lipinski definition) is 0. The number of halogens is 1. The van der Waals surface area contributed by atoms with Crippen molar-refractivity contribution in [3.8, 4) is 11.3 Å². The Hall–Kier alpha value is -0.580. The first-order chi connectivity index (χ1) is 6.81. The molecule has 0 aliphatic carbocycles. The van der Waals surface area contributed by atoms with Gasteiger partial charge >= 0.3 is 0 Å². The molecule has 0 spiro atoms. The minimum absolute atomic E-state index is 0.739. The molecule has 2 nitrogen and oxygen atoms in total. The Morgan fingerprint density at radius 1 is 1.29 bits per heavy atom. The highest BCUT2D eigenvalue weighted by Gasteiger charge is 2.08. The van der Waals surface area contributed by atoms with Gasteiger partial charge in [-0.15, -0.1) is 16.9 Å². The Labute approximate surface area is 95.5 Å². The molecule has 0 saturated carbocycles. The third kappa shape index (κ3) is 1.92. The van der Waals surface area contributed by atoms with E-state index in [9.17, 15) is 0 Å². The minimum atomic E-state index is 0.739. The number of rotatable bonds is 2. The maximum Gasteiger partial charge on any atom is 0.119 e. The lowest BCUT2D eigenvalue weighted by atomic mass is 10.2. The highest BCUT2D eigenvalue weighted by molar-refractivity contribution is 8.00. The van der Waals surface area contributed by atoms with E-state index in [2.05, 4.69) is 9.59 Å². The summed E-state index contributed by atoms with van der Waals surface area (Å²) in [6.45, 7) is 0. The molecule has 0 aliphatic heterocycles. The van der Waals surface area contributed by atoms with E-state index >= 15 is 0 Å². The quantitative estimate of drug-likeness (QED) is 0.753. The van der Waals surface area contributed by atoms with Gasteiger partial charge in [-0.05, 0) is 29.9 Å². The standard InChI is InChI=1S/C9H7ClN2S2/c1-13-9-8(11-12-14-9)6-2-4-7(10)5-3-6/h2-5H,1H3. The van der Waals surface area contributed by atoms with Gasteiger partial charge in [-0.25, -0.2) is 0 Å². The second-order valence-electron chi connectivity index (χ2n) is 2.62. The van der Waals surface area contributed by atoms with Gasteiger partial charge in [0.1, 0.15) is 9.90 Å². The van der Waals surface area contributed by atoms with Gasteiger partial charge in [0.25, 0.3) is 0 Å². The van der Waals surface area contributed by atoms with Crippen LogP contribution in [0, 0.1) is 0 Å². The molecule has 1 aromatic heterocycles. The van der Waals surface area contributed by atoms with Crippen molar-refractivity contribution in [1.82, 2.24) is 9.59 Å². The fraction of sp³-hybridized carbons (Fsp3) is 0.111. The average molecular weight is 243 g/mol. The highest BCUT2D eigenvalue weighted by atomic mass is 35.5. The second-order valence-corrected chi connectivity index (χ2v) is 4.89. The first-order valence-corrected chi connectivity index (χ1v) is 6.31. The maximum absolute atomic E-state index is 5.81. The highest BCUT2D eigenvalue weighted by Crippen LogP contribution is 2.31. The van der Waals surface area contributed by atoms with Crippen LogP contribution in [0.15, 0.2) is 28.5 Å². The largest absolute Gasteiger partial charge is 0.137 e. The number of aromatic nitrogens is 2. The van der Waals surface area contributed by atoms with Crippen molar-refractivity contribution in [2.45, 2.75) is 4.21 Å². The van der Waals surface area contributed by atoms with Crippen molar-refractivity contribution in [2.75, 3.05) is 6.26 Å². The Morgan fingerprint density at radius 2 is 2.00 bits per heavy atom. The normalized spacial score (nSPS) is 10.4. The molecule has 2 aromatic rings. The minimum Gasteiger partial charge on any atom is -0.137 e. The number of hydrogen-bond acceptors (Lipinski definition) is 4. The Kier molecular flexibility index (Phi) is 3.05. The van der Waals surface area contributed by atoms with E-state index in [4.69, 9.17) is 11.6 Å². The lowest BCUT2D eigenvalue weighted by Gasteiger charge is -1.97. The molecule has 0 saturated heterocycles. The molecule has 0 radical (unpaired) electrons. The zero-order chi connectivity index (χ0) is 9.97. The first kappa shape index (κ1) is 9.96. The average Bonchev–Trinajstić information content (AvgIpc) is 2.67. The molecular weight excluding hydrogens is 236 g/mol. The Bertz CT molecular complexity index is 425. The molecule has 1 heterocycles. The molecule has 5 heteroatoms. The van der Waals surface area contributed by atoms with Gasteiger partial charge < -0.3 is 0 Å². The predicted molar refractivity (Wildman–Crippen MR) is 62.1 cm³/mol. The second kappa shape index (κ2) is 4.29. The molecular formula is C9H7ClN2S2. The van der Waals surface area contributed by atoms with Crippen LogP contribution in [0.1, 0.15) is 0 Å². The van der Waals surface area contributed by atoms with E-state index in [-0.39, 0.29) is 0 Å². The van der Waals surface area contributed by atoms with Crippen LogP contribution in [0.2, 0.25) is 5.02 Å². The zero-order valence-electron chi connectivity index (χ0n) is 7.40. The van der Waals surface area contributed by atoms with E-state index in [1.807, 2.05) is 30.5 Å². The molecule has 0 fully saturated rings. The maximum atomic E-state index is 5.81. The van der Waals surface area contributed by atoms with Crippen molar-refractivity contribution in [1.29, 1.82) is 0 Å². The van der Waals surface area contributed by atoms with Crippen molar-refractivity contribution in [2.24, 2.45) is 0 Å². The number of thioether (sulfide) groups is 1. The van der Waals surface area contributed by atoms with Gasteiger partial charge in [-0.3, -0.25) is 0 Å². The van der Waals surface area contributed by atoms with Crippen molar-refractivity contribution >= 4 is 34.9 Å². The topological polar surface area (TPSA) is 25.8 Å². The summed E-state index contributed by atoms with van der Waals surface area (Å²) in [5, 5.41) is 4.83. The van der Waals surface area contributed by atoms with Gasteiger partial charge in [0.2, 0.25) is 0 Å². The summed E-state index contributed by atoms with van der Waals surface area (Å²) < 4.78 is 5.06. The molecule has 2 rings (SSSR count). The molecule has 0 N–H and O–H groups in total. The van der Waals surface area contributed by atoms with Crippen LogP contribution in [0.4, 0.5) is 0 Å². The van der Waals surface area contributed by atoms with Crippen molar-refractivity contribution < 1.29 is 0 Å². The van der Waals surface area contributed by atoms with Crippen LogP contribution in [0.3, 0.4) is 0 Å². The molecule has 0 bridgehead atoms. The summed E-state index contributed by atoms with van der Waals surface area (Å²) in [6, 6.07) is 7.64. The summed E-state index contributed by atoms with van der Waals surface area (Å²) in [6.07, 6.45) is 2.02. The van der Waals surface area contributed by atoms with E-state index in [1.54, 1.807) is 11.8 Å². The van der Waals surface area contributed by atoms with Crippen molar-refractivity contribution in [3.63, 3.8) is 0 Å². The fourth-order valence-corrected chi connectivity index (χ4v) is 2.42. The predicted octanol–water partition coefficient (Wildman–Crippen LogP) is 3.58. The van der Waals surface area contributed by atoms with Crippen LogP contribution >= 0.6 is 34.9 Å². The van der Waals surface area contributed by atoms with E-state index in [0.29, 0.717) is 0 Å². The van der Waals surface area contributed by atoms with Gasteiger partial charge in [0, 0.05) is 10.6 Å². The third-order valence-corrected chi connectivity index (χ3v) is 3.82. The Balaban J connectivity index is 2.44. The number of nitrogens with zero attached hydrogens (tertiary/aromatic N) is 2. The molecule has 14 heavy (non-hydrogen) atoms. The summed E-state index contributed by atoms with van der Waals surface area (Å²) in [7, 11) is 0. The van der Waals surface area contributed by atoms with Gasteiger partial charge in [-0.1, -0.05) is 28.2 Å². The SMILES string of the molecule is CSc1snnc1-c1ccc(Cl)cc1. The Morgan fingerprint density at radius 3 is 2.64 bits per heavy atom. The molecule has 0 unspecified atom stereocenters. The zero-order valence-corrected chi connectivity index (χ0v) is 9.79. The van der Waals surface area contributed by atoms with Crippen LogP contribution in [-0.4, -0.2) is 15.8 Å². The van der Waals surface area contributed by atoms with Gasteiger partial charge in [0.05, 0.1) is 0 Å². The lowest BCUT2D eigenvalue weighted by Crippen LogP contribution is -1.79. The smallest absolute Gasteiger partial charge is 0.119 e. The van der Waals surface area contributed by atoms with Gasteiger partial charge in [0.15, 0.2) is 0 Å². The lowest BCUT2D eigenvalue weighted by molar-refractivity contribution is 1.15.